The second-order valence-electron chi connectivity index (χ2n) is 1.66. The van der Waals surface area contributed by atoms with Gasteiger partial charge in [0.05, 0.1) is 5.38 Å². The van der Waals surface area contributed by atoms with E-state index >= 15 is 0 Å². The third-order valence-corrected chi connectivity index (χ3v) is 1.65. The van der Waals surface area contributed by atoms with Crippen molar-refractivity contribution in [3.8, 4) is 0 Å². The fraction of sp³-hybridized carbons (Fsp3) is 0. The number of rotatable bonds is 0. The molecule has 2 aromatic heterocycles. The molecular weight excluding hydrogens is 132 g/mol. The topological polar surface area (TPSA) is 25.8 Å². The van der Waals surface area contributed by atoms with E-state index in [1.807, 2.05) is 12.1 Å². The Kier molecular flexibility index (Phi) is 0.960. The zero-order valence-corrected chi connectivity index (χ0v) is 5.35. The van der Waals surface area contributed by atoms with E-state index in [1.165, 1.54) is 11.5 Å². The van der Waals surface area contributed by atoms with Gasteiger partial charge in [0.1, 0.15) is 11.0 Å². The van der Waals surface area contributed by atoms with Crippen LogP contribution in [0.5, 0.6) is 0 Å². The van der Waals surface area contributed by atoms with Crippen LogP contribution >= 0.6 is 11.5 Å². The summed E-state index contributed by atoms with van der Waals surface area (Å²) in [5.41, 5.74) is 1.80. The van der Waals surface area contributed by atoms with Crippen LogP contribution in [-0.2, 0) is 0 Å². The number of hydrogen-bond donors (Lipinski definition) is 0. The molecule has 0 aliphatic rings. The molecule has 0 unspecified atom stereocenters. The number of hydrogen-bond acceptors (Lipinski definition) is 3. The van der Waals surface area contributed by atoms with Crippen molar-refractivity contribution in [3.63, 3.8) is 0 Å². The molecule has 0 aliphatic carbocycles. The molecule has 43 valence electrons. The van der Waals surface area contributed by atoms with E-state index in [4.69, 9.17) is 0 Å². The van der Waals surface area contributed by atoms with Gasteiger partial charge in [-0.2, -0.15) is 4.37 Å². The molecule has 0 fully saturated rings. The maximum atomic E-state index is 4.04. The smallest absolute Gasteiger partial charge is 0.110 e. The quantitative estimate of drug-likeness (QED) is 0.547. The maximum Gasteiger partial charge on any atom is 0.110 e. The number of nitrogens with zero attached hydrogens (tertiary/aromatic N) is 2. The summed E-state index contributed by atoms with van der Waals surface area (Å²) in [4.78, 5) is 4.03. The van der Waals surface area contributed by atoms with Crippen LogP contribution in [0.15, 0.2) is 18.3 Å². The van der Waals surface area contributed by atoms with Crippen LogP contribution in [0, 0.1) is 5.38 Å². The van der Waals surface area contributed by atoms with E-state index in [9.17, 15) is 0 Å². The summed E-state index contributed by atoms with van der Waals surface area (Å²) in [6, 6.07) is 3.80. The molecule has 1 radical (unpaired) electrons. The Bertz CT molecular complexity index is 285. The van der Waals surface area contributed by atoms with E-state index < -0.39 is 0 Å². The van der Waals surface area contributed by atoms with Crippen molar-refractivity contribution >= 4 is 22.6 Å². The van der Waals surface area contributed by atoms with Crippen LogP contribution in [0.4, 0.5) is 0 Å². The lowest BCUT2D eigenvalue weighted by Crippen LogP contribution is -1.69. The van der Waals surface area contributed by atoms with Gasteiger partial charge in [-0.25, -0.2) is 0 Å². The minimum Gasteiger partial charge on any atom is -0.253 e. The summed E-state index contributed by atoms with van der Waals surface area (Å²) in [7, 11) is 0. The lowest BCUT2D eigenvalue weighted by molar-refractivity contribution is 1.41. The normalized spacial score (nSPS) is 10.2. The van der Waals surface area contributed by atoms with Crippen molar-refractivity contribution in [1.82, 2.24) is 9.36 Å². The van der Waals surface area contributed by atoms with Gasteiger partial charge in [-0.05, 0) is 23.7 Å². The third-order valence-electron chi connectivity index (χ3n) is 1.07. The highest BCUT2D eigenvalue weighted by molar-refractivity contribution is 7.04. The highest BCUT2D eigenvalue weighted by Gasteiger charge is 1.92. The van der Waals surface area contributed by atoms with Crippen molar-refractivity contribution in [2.24, 2.45) is 0 Å². The second kappa shape index (κ2) is 1.77. The van der Waals surface area contributed by atoms with Crippen LogP contribution < -0.4 is 0 Å². The van der Waals surface area contributed by atoms with Crippen LogP contribution in [-0.4, -0.2) is 9.36 Å². The fourth-order valence-corrected chi connectivity index (χ4v) is 1.20. The predicted octanol–water partition coefficient (Wildman–Crippen LogP) is 1.49. The Labute approximate surface area is 56.3 Å². The van der Waals surface area contributed by atoms with Crippen LogP contribution in [0.1, 0.15) is 0 Å². The third kappa shape index (κ3) is 0.695. The van der Waals surface area contributed by atoms with Gasteiger partial charge in [0.25, 0.3) is 0 Å². The summed E-state index contributed by atoms with van der Waals surface area (Å²) in [6.45, 7) is 0. The molecule has 0 N–H and O–H groups in total. The van der Waals surface area contributed by atoms with Crippen molar-refractivity contribution in [2.75, 3.05) is 0 Å². The van der Waals surface area contributed by atoms with Crippen LogP contribution in [0.2, 0.25) is 0 Å². The monoisotopic (exact) mass is 135 g/mol. The Morgan fingerprint density at radius 3 is 3.44 bits per heavy atom. The molecule has 2 heterocycles. The van der Waals surface area contributed by atoms with Gasteiger partial charge in [-0.15, -0.1) is 0 Å². The van der Waals surface area contributed by atoms with Crippen molar-refractivity contribution in [2.45, 2.75) is 0 Å². The molecule has 0 atom stereocenters. The molecule has 0 amide bonds. The highest BCUT2D eigenvalue weighted by Crippen LogP contribution is 2.08. The van der Waals surface area contributed by atoms with Crippen molar-refractivity contribution in [3.05, 3.63) is 23.7 Å². The molecule has 0 saturated heterocycles. The van der Waals surface area contributed by atoms with Gasteiger partial charge in [0.2, 0.25) is 0 Å². The first kappa shape index (κ1) is 4.88. The van der Waals surface area contributed by atoms with Gasteiger partial charge in [-0.1, -0.05) is 0 Å². The SMILES string of the molecule is [c]1snc2cccnc12. The fourth-order valence-electron chi connectivity index (χ4n) is 0.664. The molecule has 3 heteroatoms. The summed E-state index contributed by atoms with van der Waals surface area (Å²) >= 11 is 1.32. The molecule has 0 spiro atoms. The molecule has 0 bridgehead atoms. The van der Waals surface area contributed by atoms with Crippen molar-refractivity contribution in [1.29, 1.82) is 0 Å². The summed E-state index contributed by atoms with van der Waals surface area (Å²) in [6.07, 6.45) is 1.74. The van der Waals surface area contributed by atoms with E-state index in [0.29, 0.717) is 0 Å². The van der Waals surface area contributed by atoms with Gasteiger partial charge < -0.3 is 0 Å². The molecule has 9 heavy (non-hydrogen) atoms. The highest BCUT2D eigenvalue weighted by atomic mass is 32.1. The lowest BCUT2D eigenvalue weighted by atomic mass is 10.4. The Morgan fingerprint density at radius 1 is 1.56 bits per heavy atom. The van der Waals surface area contributed by atoms with E-state index in [1.54, 1.807) is 6.20 Å². The minimum atomic E-state index is 0.863. The van der Waals surface area contributed by atoms with E-state index in [2.05, 4.69) is 14.7 Å². The summed E-state index contributed by atoms with van der Waals surface area (Å²) < 4.78 is 4.04. The minimum absolute atomic E-state index is 0.863. The largest absolute Gasteiger partial charge is 0.253 e. The number of aromatic nitrogens is 2. The average molecular weight is 135 g/mol. The van der Waals surface area contributed by atoms with Gasteiger partial charge in [-0.3, -0.25) is 4.98 Å². The Hall–Kier alpha value is -0.960. The first-order valence-corrected chi connectivity index (χ1v) is 3.32. The average Bonchev–Trinajstić information content (AvgIpc) is 2.33. The van der Waals surface area contributed by atoms with Gasteiger partial charge in [0.15, 0.2) is 0 Å². The van der Waals surface area contributed by atoms with Crippen molar-refractivity contribution < 1.29 is 0 Å². The Morgan fingerprint density at radius 2 is 2.56 bits per heavy atom. The first-order chi connectivity index (χ1) is 4.47. The predicted molar refractivity (Wildman–Crippen MR) is 36.3 cm³/mol. The van der Waals surface area contributed by atoms with Crippen LogP contribution in [0.25, 0.3) is 11.0 Å². The molecule has 2 rings (SSSR count). The molecular formula is C6H3N2S. The standard InChI is InChI=1S/C6H3N2S/c1-2-5-6(7-3-1)4-9-8-5/h1-3H. The summed E-state index contributed by atoms with van der Waals surface area (Å²) in [5.74, 6) is 0. The molecule has 2 nitrogen and oxygen atoms in total. The maximum absolute atomic E-state index is 4.04. The van der Waals surface area contributed by atoms with Gasteiger partial charge >= 0.3 is 0 Å². The number of pyridine rings is 1. The van der Waals surface area contributed by atoms with E-state index in [0.717, 1.165) is 11.0 Å². The summed E-state index contributed by atoms with van der Waals surface area (Å²) in [5, 5.41) is 2.94. The Balaban J connectivity index is 2.95. The molecule has 0 aliphatic heterocycles. The van der Waals surface area contributed by atoms with Crippen LogP contribution in [0.3, 0.4) is 0 Å². The first-order valence-electron chi connectivity index (χ1n) is 2.55. The molecule has 0 saturated carbocycles. The zero-order chi connectivity index (χ0) is 6.10. The van der Waals surface area contributed by atoms with E-state index in [-0.39, 0.29) is 0 Å². The second-order valence-corrected chi connectivity index (χ2v) is 2.23. The van der Waals surface area contributed by atoms with Gasteiger partial charge in [0, 0.05) is 6.20 Å². The zero-order valence-electron chi connectivity index (χ0n) is 4.53. The number of fused-ring (bicyclic) bond motifs is 1. The molecule has 0 aromatic carbocycles. The molecule has 2 aromatic rings. The lowest BCUT2D eigenvalue weighted by Gasteiger charge is -1.79.